The number of hydrogen-bond donors (Lipinski definition) is 2. The van der Waals surface area contributed by atoms with Gasteiger partial charge in [0.2, 0.25) is 0 Å². The molecular weight excluding hydrogens is 300 g/mol. The molecule has 1 atom stereocenters. The lowest BCUT2D eigenvalue weighted by Crippen LogP contribution is -2.45. The predicted octanol–water partition coefficient (Wildman–Crippen LogP) is 3.26. The van der Waals surface area contributed by atoms with E-state index >= 15 is 0 Å². The lowest BCUT2D eigenvalue weighted by atomic mass is 9.81. The average Bonchev–Trinajstić information content (AvgIpc) is 2.53. The third-order valence-electron chi connectivity index (χ3n) is 4.90. The maximum Gasteiger partial charge on any atom is 0.260 e. The van der Waals surface area contributed by atoms with Gasteiger partial charge >= 0.3 is 0 Å². The molecule has 1 aliphatic rings. The second kappa shape index (κ2) is 7.56. The Morgan fingerprint density at radius 1 is 1.25 bits per heavy atom. The fourth-order valence-electron chi connectivity index (χ4n) is 2.94. The van der Waals surface area contributed by atoms with Crippen molar-refractivity contribution in [1.29, 1.82) is 0 Å². The third kappa shape index (κ3) is 5.23. The molecule has 0 spiro atoms. The number of hydrogen-bond acceptors (Lipinski definition) is 3. The lowest BCUT2D eigenvalue weighted by Gasteiger charge is -2.34. The number of nitrogens with one attached hydrogen (secondary N) is 2. The Hall–Kier alpha value is -1.55. The van der Waals surface area contributed by atoms with E-state index < -0.39 is 6.10 Å². The van der Waals surface area contributed by atoms with Gasteiger partial charge in [-0.15, -0.1) is 0 Å². The second-order valence-corrected chi connectivity index (χ2v) is 8.31. The highest BCUT2D eigenvalue weighted by molar-refractivity contribution is 5.80. The molecule has 1 heterocycles. The third-order valence-corrected chi connectivity index (χ3v) is 4.90. The van der Waals surface area contributed by atoms with Gasteiger partial charge in [-0.1, -0.05) is 39.8 Å². The number of amides is 1. The summed E-state index contributed by atoms with van der Waals surface area (Å²) in [6.45, 7) is 13.4. The summed E-state index contributed by atoms with van der Waals surface area (Å²) in [5.74, 6) is 0.688. The minimum Gasteiger partial charge on any atom is -0.481 e. The Kier molecular flexibility index (Phi) is 5.92. The average molecular weight is 332 g/mol. The molecule has 0 saturated carbocycles. The van der Waals surface area contributed by atoms with Gasteiger partial charge in [0.15, 0.2) is 6.10 Å². The van der Waals surface area contributed by atoms with E-state index in [9.17, 15) is 4.79 Å². The van der Waals surface area contributed by atoms with E-state index in [1.807, 2.05) is 12.1 Å². The summed E-state index contributed by atoms with van der Waals surface area (Å²) in [4.78, 5) is 12.3. The monoisotopic (exact) mass is 332 g/mol. The molecule has 0 aliphatic carbocycles. The molecule has 2 N–H and O–H groups in total. The molecule has 24 heavy (non-hydrogen) atoms. The number of carbonyl (C=O) groups excluding carboxylic acids is 1. The van der Waals surface area contributed by atoms with Crippen molar-refractivity contribution in [1.82, 2.24) is 10.6 Å². The van der Waals surface area contributed by atoms with E-state index in [1.165, 1.54) is 5.56 Å². The van der Waals surface area contributed by atoms with Gasteiger partial charge in [0.1, 0.15) is 5.75 Å². The van der Waals surface area contributed by atoms with Gasteiger partial charge in [0.25, 0.3) is 5.91 Å². The van der Waals surface area contributed by atoms with Gasteiger partial charge in [0, 0.05) is 6.54 Å². The highest BCUT2D eigenvalue weighted by Crippen LogP contribution is 2.27. The topological polar surface area (TPSA) is 50.4 Å². The quantitative estimate of drug-likeness (QED) is 0.870. The summed E-state index contributed by atoms with van der Waals surface area (Å²) in [6, 6.07) is 8.02. The normalized spacial score (nSPS) is 18.7. The second-order valence-electron chi connectivity index (χ2n) is 8.31. The molecule has 0 aromatic heterocycles. The largest absolute Gasteiger partial charge is 0.481 e. The number of benzene rings is 1. The van der Waals surface area contributed by atoms with Crippen LogP contribution in [0.1, 0.15) is 53.0 Å². The minimum atomic E-state index is -0.490. The molecule has 134 valence electrons. The van der Waals surface area contributed by atoms with Crippen molar-refractivity contribution < 1.29 is 9.53 Å². The molecular formula is C20H32N2O2. The predicted molar refractivity (Wildman–Crippen MR) is 98.5 cm³/mol. The van der Waals surface area contributed by atoms with Gasteiger partial charge in [-0.3, -0.25) is 4.79 Å². The van der Waals surface area contributed by atoms with E-state index in [0.29, 0.717) is 6.54 Å². The van der Waals surface area contributed by atoms with Crippen LogP contribution in [0, 0.1) is 5.41 Å². The van der Waals surface area contributed by atoms with Gasteiger partial charge in [-0.05, 0) is 61.4 Å². The molecule has 0 bridgehead atoms. The fourth-order valence-corrected chi connectivity index (χ4v) is 2.94. The molecule has 4 heteroatoms. The van der Waals surface area contributed by atoms with Crippen LogP contribution in [0.15, 0.2) is 24.3 Å². The maximum atomic E-state index is 12.3. The van der Waals surface area contributed by atoms with Gasteiger partial charge in [-0.25, -0.2) is 0 Å². The van der Waals surface area contributed by atoms with Gasteiger partial charge in [0.05, 0.1) is 0 Å². The first-order valence-electron chi connectivity index (χ1n) is 8.95. The molecule has 1 unspecified atom stereocenters. The summed E-state index contributed by atoms with van der Waals surface area (Å²) in [5.41, 5.74) is 1.56. The Morgan fingerprint density at radius 3 is 2.38 bits per heavy atom. The summed E-state index contributed by atoms with van der Waals surface area (Å²) >= 11 is 0. The summed E-state index contributed by atoms with van der Waals surface area (Å²) in [7, 11) is 0. The zero-order valence-electron chi connectivity index (χ0n) is 15.7. The maximum absolute atomic E-state index is 12.3. The Bertz CT molecular complexity index is 540. The molecule has 1 aromatic rings. The van der Waals surface area contributed by atoms with Crippen molar-refractivity contribution >= 4 is 5.91 Å². The van der Waals surface area contributed by atoms with Crippen LogP contribution >= 0.6 is 0 Å². The van der Waals surface area contributed by atoms with Crippen LogP contribution in [0.25, 0.3) is 0 Å². The van der Waals surface area contributed by atoms with E-state index in [-0.39, 0.29) is 16.7 Å². The van der Waals surface area contributed by atoms with Crippen LogP contribution < -0.4 is 15.4 Å². The molecule has 4 nitrogen and oxygen atoms in total. The van der Waals surface area contributed by atoms with Crippen LogP contribution in [0.5, 0.6) is 5.75 Å². The van der Waals surface area contributed by atoms with Crippen LogP contribution in [0.3, 0.4) is 0 Å². The van der Waals surface area contributed by atoms with Gasteiger partial charge < -0.3 is 15.4 Å². The van der Waals surface area contributed by atoms with Crippen molar-refractivity contribution in [2.75, 3.05) is 19.6 Å². The zero-order chi connectivity index (χ0) is 17.8. The summed E-state index contributed by atoms with van der Waals surface area (Å²) in [5, 5.41) is 6.42. The number of ether oxygens (including phenoxy) is 1. The molecule has 1 amide bonds. The highest BCUT2D eigenvalue weighted by atomic mass is 16.5. The SMILES string of the molecule is CC(Oc1ccc(C(C)(C)C)cc1)C(=O)NCC1(C)CCNCC1. The van der Waals surface area contributed by atoms with E-state index in [4.69, 9.17) is 4.74 Å². The van der Waals surface area contributed by atoms with Crippen molar-refractivity contribution in [2.45, 2.75) is 59.0 Å². The molecule has 0 radical (unpaired) electrons. The number of carbonyl (C=O) groups is 1. The molecule has 1 aromatic carbocycles. The first kappa shape index (κ1) is 18.8. The Morgan fingerprint density at radius 2 is 1.83 bits per heavy atom. The van der Waals surface area contributed by atoms with Crippen LogP contribution in [0.4, 0.5) is 0 Å². The zero-order valence-corrected chi connectivity index (χ0v) is 15.7. The first-order chi connectivity index (χ1) is 11.2. The van der Waals surface area contributed by atoms with Crippen molar-refractivity contribution in [3.63, 3.8) is 0 Å². The van der Waals surface area contributed by atoms with Crippen LogP contribution in [0.2, 0.25) is 0 Å². The van der Waals surface area contributed by atoms with Crippen molar-refractivity contribution in [3.05, 3.63) is 29.8 Å². The van der Waals surface area contributed by atoms with E-state index in [0.717, 1.165) is 31.7 Å². The van der Waals surface area contributed by atoms with Crippen LogP contribution in [-0.4, -0.2) is 31.6 Å². The fraction of sp³-hybridized carbons (Fsp3) is 0.650. The standard InChI is InChI=1S/C20H32N2O2/c1-15(18(23)22-14-20(5)10-12-21-13-11-20)24-17-8-6-16(7-9-17)19(2,3)4/h6-9,15,21H,10-14H2,1-5H3,(H,22,23). The first-order valence-corrected chi connectivity index (χ1v) is 8.95. The Balaban J connectivity index is 1.85. The van der Waals surface area contributed by atoms with Gasteiger partial charge in [-0.2, -0.15) is 0 Å². The molecule has 1 aliphatic heterocycles. The lowest BCUT2D eigenvalue weighted by molar-refractivity contribution is -0.127. The summed E-state index contributed by atoms with van der Waals surface area (Å²) < 4.78 is 5.79. The smallest absolute Gasteiger partial charge is 0.260 e. The highest BCUT2D eigenvalue weighted by Gasteiger charge is 2.28. The molecule has 1 fully saturated rings. The van der Waals surface area contributed by atoms with E-state index in [1.54, 1.807) is 6.92 Å². The van der Waals surface area contributed by atoms with Crippen molar-refractivity contribution in [3.8, 4) is 5.75 Å². The molecule has 1 saturated heterocycles. The minimum absolute atomic E-state index is 0.0466. The van der Waals surface area contributed by atoms with Crippen molar-refractivity contribution in [2.24, 2.45) is 5.41 Å². The summed E-state index contributed by atoms with van der Waals surface area (Å²) in [6.07, 6.45) is 1.70. The number of piperidine rings is 1. The number of rotatable bonds is 5. The van der Waals surface area contributed by atoms with E-state index in [2.05, 4.69) is 50.5 Å². The van der Waals surface area contributed by atoms with Crippen LogP contribution in [-0.2, 0) is 10.2 Å². The molecule has 2 rings (SSSR count). The Labute approximate surface area is 146 Å².